The van der Waals surface area contributed by atoms with Gasteiger partial charge in [-0.15, -0.1) is 0 Å². The van der Waals surface area contributed by atoms with Crippen LogP contribution in [0.5, 0.6) is 0 Å². The second kappa shape index (κ2) is 4.41. The number of benzene rings is 1. The van der Waals surface area contributed by atoms with E-state index in [-0.39, 0.29) is 11.2 Å². The molecular weight excluding hydrogens is 279 g/mol. The lowest BCUT2D eigenvalue weighted by Gasteiger charge is -2.26. The summed E-state index contributed by atoms with van der Waals surface area (Å²) < 4.78 is 14.2. The van der Waals surface area contributed by atoms with Crippen molar-refractivity contribution >= 4 is 21.5 Å². The number of halogens is 2. The SMILES string of the molecule is CC1C=CC(C)(C)C=C1c1cc(F)cc(Br)c1. The smallest absolute Gasteiger partial charge is 0.124 e. The largest absolute Gasteiger partial charge is 0.207 e. The van der Waals surface area contributed by atoms with Crippen molar-refractivity contribution in [3.05, 3.63) is 52.3 Å². The zero-order chi connectivity index (χ0) is 12.6. The Morgan fingerprint density at radius 3 is 2.59 bits per heavy atom. The third-order valence-electron chi connectivity index (χ3n) is 3.03. The molecule has 0 radical (unpaired) electrons. The molecule has 1 aromatic carbocycles. The standard InChI is InChI=1S/C15H16BrF/c1-10-4-5-15(2,3)9-14(10)11-6-12(16)8-13(17)7-11/h4-10H,1-3H3. The Labute approximate surface area is 110 Å². The summed E-state index contributed by atoms with van der Waals surface area (Å²) in [6.45, 7) is 6.45. The molecule has 1 unspecified atom stereocenters. The third-order valence-corrected chi connectivity index (χ3v) is 3.49. The van der Waals surface area contributed by atoms with Gasteiger partial charge in [-0.1, -0.05) is 54.9 Å². The zero-order valence-corrected chi connectivity index (χ0v) is 11.9. The molecule has 0 saturated heterocycles. The summed E-state index contributed by atoms with van der Waals surface area (Å²) in [5, 5.41) is 0. The molecule has 0 N–H and O–H groups in total. The average molecular weight is 295 g/mol. The summed E-state index contributed by atoms with van der Waals surface area (Å²) in [5.74, 6) is 0.131. The van der Waals surface area contributed by atoms with Gasteiger partial charge < -0.3 is 0 Å². The number of allylic oxidation sites excluding steroid dienone is 4. The van der Waals surface area contributed by atoms with Gasteiger partial charge in [-0.05, 0) is 35.3 Å². The quantitative estimate of drug-likeness (QED) is 0.624. The molecule has 0 bridgehead atoms. The minimum Gasteiger partial charge on any atom is -0.207 e. The Kier molecular flexibility index (Phi) is 3.26. The predicted molar refractivity (Wildman–Crippen MR) is 74.2 cm³/mol. The van der Waals surface area contributed by atoms with Crippen molar-refractivity contribution in [2.24, 2.45) is 11.3 Å². The summed E-state index contributed by atoms with van der Waals surface area (Å²) in [6.07, 6.45) is 6.61. The molecule has 90 valence electrons. The van der Waals surface area contributed by atoms with Gasteiger partial charge in [0.15, 0.2) is 0 Å². The van der Waals surface area contributed by atoms with Crippen LogP contribution in [0.25, 0.3) is 5.57 Å². The van der Waals surface area contributed by atoms with E-state index in [4.69, 9.17) is 0 Å². The van der Waals surface area contributed by atoms with Crippen LogP contribution in [-0.4, -0.2) is 0 Å². The van der Waals surface area contributed by atoms with Gasteiger partial charge in [-0.25, -0.2) is 4.39 Å². The average Bonchev–Trinajstić information content (AvgIpc) is 2.20. The van der Waals surface area contributed by atoms with E-state index in [1.807, 2.05) is 6.07 Å². The fraction of sp³-hybridized carbons (Fsp3) is 0.333. The van der Waals surface area contributed by atoms with Gasteiger partial charge in [0.2, 0.25) is 0 Å². The normalized spacial score (nSPS) is 22.4. The van der Waals surface area contributed by atoms with E-state index in [1.165, 1.54) is 11.6 Å². The molecule has 2 heteroatoms. The minimum atomic E-state index is -0.199. The highest BCUT2D eigenvalue weighted by atomic mass is 79.9. The monoisotopic (exact) mass is 294 g/mol. The maximum absolute atomic E-state index is 13.4. The Morgan fingerprint density at radius 1 is 1.24 bits per heavy atom. The molecule has 1 aliphatic carbocycles. The molecule has 17 heavy (non-hydrogen) atoms. The molecule has 0 saturated carbocycles. The Hall–Kier alpha value is -0.890. The maximum Gasteiger partial charge on any atom is 0.124 e. The molecule has 0 heterocycles. The van der Waals surface area contributed by atoms with E-state index in [1.54, 1.807) is 6.07 Å². The van der Waals surface area contributed by atoms with Crippen molar-refractivity contribution in [3.8, 4) is 0 Å². The van der Waals surface area contributed by atoms with E-state index in [9.17, 15) is 4.39 Å². The first-order chi connectivity index (χ1) is 7.87. The molecule has 2 rings (SSSR count). The minimum absolute atomic E-state index is 0.0423. The van der Waals surface area contributed by atoms with Crippen molar-refractivity contribution in [3.63, 3.8) is 0 Å². The first kappa shape index (κ1) is 12.6. The molecule has 0 aliphatic heterocycles. The van der Waals surface area contributed by atoms with Crippen LogP contribution in [-0.2, 0) is 0 Å². The van der Waals surface area contributed by atoms with Crippen molar-refractivity contribution in [1.82, 2.24) is 0 Å². The molecule has 1 aromatic rings. The van der Waals surface area contributed by atoms with Crippen LogP contribution in [0.1, 0.15) is 26.3 Å². The lowest BCUT2D eigenvalue weighted by Crippen LogP contribution is -2.12. The second-order valence-corrected chi connectivity index (χ2v) is 6.14. The Morgan fingerprint density at radius 2 is 1.94 bits per heavy atom. The van der Waals surface area contributed by atoms with E-state index < -0.39 is 0 Å². The van der Waals surface area contributed by atoms with Gasteiger partial charge >= 0.3 is 0 Å². The van der Waals surface area contributed by atoms with E-state index in [0.29, 0.717) is 5.92 Å². The highest BCUT2D eigenvalue weighted by molar-refractivity contribution is 9.10. The maximum atomic E-state index is 13.4. The van der Waals surface area contributed by atoms with Crippen LogP contribution in [0.15, 0.2) is 40.9 Å². The highest BCUT2D eigenvalue weighted by Gasteiger charge is 2.21. The molecule has 1 atom stereocenters. The van der Waals surface area contributed by atoms with Crippen molar-refractivity contribution in [2.75, 3.05) is 0 Å². The van der Waals surface area contributed by atoms with Crippen molar-refractivity contribution in [2.45, 2.75) is 20.8 Å². The van der Waals surface area contributed by atoms with Crippen LogP contribution in [0, 0.1) is 17.2 Å². The van der Waals surface area contributed by atoms with Gasteiger partial charge in [0.1, 0.15) is 5.82 Å². The zero-order valence-electron chi connectivity index (χ0n) is 10.3. The number of rotatable bonds is 1. The van der Waals surface area contributed by atoms with Crippen LogP contribution >= 0.6 is 15.9 Å². The molecule has 1 aliphatic rings. The molecule has 0 aromatic heterocycles. The van der Waals surface area contributed by atoms with Crippen LogP contribution in [0.2, 0.25) is 0 Å². The summed E-state index contributed by atoms with van der Waals surface area (Å²) >= 11 is 3.34. The van der Waals surface area contributed by atoms with Crippen molar-refractivity contribution in [1.29, 1.82) is 0 Å². The highest BCUT2D eigenvalue weighted by Crippen LogP contribution is 2.36. The van der Waals surface area contributed by atoms with Crippen LogP contribution in [0.3, 0.4) is 0 Å². The van der Waals surface area contributed by atoms with Crippen molar-refractivity contribution < 1.29 is 4.39 Å². The van der Waals surface area contributed by atoms with Gasteiger partial charge in [0, 0.05) is 9.89 Å². The molecule has 0 amide bonds. The topological polar surface area (TPSA) is 0 Å². The summed E-state index contributed by atoms with van der Waals surface area (Å²) in [7, 11) is 0. The first-order valence-corrected chi connectivity index (χ1v) is 6.55. The van der Waals surface area contributed by atoms with E-state index in [2.05, 4.69) is 54.9 Å². The van der Waals surface area contributed by atoms with Gasteiger partial charge in [0.25, 0.3) is 0 Å². The summed E-state index contributed by atoms with van der Waals surface area (Å²) in [4.78, 5) is 0. The fourth-order valence-corrected chi connectivity index (χ4v) is 2.61. The molecule has 0 spiro atoms. The van der Waals surface area contributed by atoms with Crippen LogP contribution < -0.4 is 0 Å². The predicted octanol–water partition coefficient (Wildman–Crippen LogP) is 5.20. The molecule has 0 fully saturated rings. The lowest BCUT2D eigenvalue weighted by atomic mass is 9.79. The molecule has 0 nitrogen and oxygen atoms in total. The summed E-state index contributed by atoms with van der Waals surface area (Å²) in [6, 6.07) is 5.06. The van der Waals surface area contributed by atoms with Gasteiger partial charge in [0.05, 0.1) is 0 Å². The summed E-state index contributed by atoms with van der Waals surface area (Å²) in [5.41, 5.74) is 2.19. The van der Waals surface area contributed by atoms with Crippen LogP contribution in [0.4, 0.5) is 4.39 Å². The molecular formula is C15H16BrF. The second-order valence-electron chi connectivity index (χ2n) is 5.23. The van der Waals surface area contributed by atoms with E-state index in [0.717, 1.165) is 10.0 Å². The number of hydrogen-bond acceptors (Lipinski definition) is 0. The van der Waals surface area contributed by atoms with E-state index >= 15 is 0 Å². The van der Waals surface area contributed by atoms with Gasteiger partial charge in [-0.3, -0.25) is 0 Å². The first-order valence-electron chi connectivity index (χ1n) is 5.76. The fourth-order valence-electron chi connectivity index (χ4n) is 2.14. The Balaban J connectivity index is 2.48. The Bertz CT molecular complexity index is 477. The third kappa shape index (κ3) is 2.86. The van der Waals surface area contributed by atoms with Gasteiger partial charge in [-0.2, -0.15) is 0 Å². The lowest BCUT2D eigenvalue weighted by molar-refractivity contribution is 0.605. The number of hydrogen-bond donors (Lipinski definition) is 0.